The molecule has 1 fully saturated rings. The maximum absolute atomic E-state index is 8.85. The summed E-state index contributed by atoms with van der Waals surface area (Å²) in [5.41, 5.74) is 2.05. The van der Waals surface area contributed by atoms with Crippen molar-refractivity contribution in [3.63, 3.8) is 0 Å². The highest BCUT2D eigenvalue weighted by molar-refractivity contribution is 9.10. The van der Waals surface area contributed by atoms with E-state index in [4.69, 9.17) is 5.26 Å². The fraction of sp³-hybridized carbons (Fsp3) is 0.300. The fourth-order valence-electron chi connectivity index (χ4n) is 1.38. The number of halogens is 1. The van der Waals surface area contributed by atoms with Gasteiger partial charge in [-0.05, 0) is 36.5 Å². The second-order valence-electron chi connectivity index (χ2n) is 3.12. The van der Waals surface area contributed by atoms with Crippen molar-refractivity contribution in [3.8, 4) is 6.07 Å². The summed E-state index contributed by atoms with van der Waals surface area (Å²) >= 11 is 3.36. The molecule has 1 nitrogen and oxygen atoms in total. The minimum atomic E-state index is 0.660. The Morgan fingerprint density at radius 2 is 2.17 bits per heavy atom. The van der Waals surface area contributed by atoms with E-state index in [0.29, 0.717) is 5.92 Å². The normalized spacial score (nSPS) is 15.7. The highest BCUT2D eigenvalue weighted by Crippen LogP contribution is 2.41. The molecule has 0 unspecified atom stereocenters. The first-order chi connectivity index (χ1) is 5.81. The Morgan fingerprint density at radius 1 is 1.42 bits per heavy atom. The third-order valence-electron chi connectivity index (χ3n) is 2.15. The molecule has 0 radical (unpaired) electrons. The summed E-state index contributed by atoms with van der Waals surface area (Å²) < 4.78 is 0.989. The van der Waals surface area contributed by atoms with Gasteiger partial charge in [-0.1, -0.05) is 22.0 Å². The number of rotatable bonds is 1. The zero-order chi connectivity index (χ0) is 8.55. The fourth-order valence-corrected chi connectivity index (χ4v) is 1.74. The molecule has 0 spiro atoms. The van der Waals surface area contributed by atoms with Crippen LogP contribution in [0.25, 0.3) is 0 Å². The summed E-state index contributed by atoms with van der Waals surface area (Å²) in [6.07, 6.45) is 2.49. The van der Waals surface area contributed by atoms with Crippen molar-refractivity contribution in [2.45, 2.75) is 18.8 Å². The van der Waals surface area contributed by atoms with Crippen molar-refractivity contribution in [3.05, 3.63) is 33.8 Å². The molecule has 0 heterocycles. The molecule has 0 N–H and O–H groups in total. The molecular weight excluding hydrogens is 214 g/mol. The molecular formula is C10H8BrN. The number of hydrogen-bond acceptors (Lipinski definition) is 1. The summed E-state index contributed by atoms with van der Waals surface area (Å²) in [5, 5.41) is 8.85. The van der Waals surface area contributed by atoms with E-state index in [-0.39, 0.29) is 0 Å². The molecule has 60 valence electrons. The quantitative estimate of drug-likeness (QED) is 0.715. The van der Waals surface area contributed by atoms with E-state index < -0.39 is 0 Å². The Bertz CT molecular complexity index is 347. The molecule has 0 bridgehead atoms. The largest absolute Gasteiger partial charge is 0.192 e. The zero-order valence-electron chi connectivity index (χ0n) is 6.55. The third-order valence-corrected chi connectivity index (χ3v) is 2.65. The van der Waals surface area contributed by atoms with Gasteiger partial charge in [-0.15, -0.1) is 0 Å². The molecule has 1 saturated carbocycles. The number of nitrogens with zero attached hydrogens (tertiary/aromatic N) is 1. The van der Waals surface area contributed by atoms with E-state index in [1.165, 1.54) is 18.4 Å². The van der Waals surface area contributed by atoms with Crippen molar-refractivity contribution < 1.29 is 0 Å². The van der Waals surface area contributed by atoms with Gasteiger partial charge in [0.15, 0.2) is 0 Å². The van der Waals surface area contributed by atoms with Crippen LogP contribution in [-0.4, -0.2) is 0 Å². The van der Waals surface area contributed by atoms with Crippen LogP contribution in [-0.2, 0) is 0 Å². The van der Waals surface area contributed by atoms with E-state index in [9.17, 15) is 0 Å². The molecule has 1 aromatic carbocycles. The second-order valence-corrected chi connectivity index (χ2v) is 4.03. The van der Waals surface area contributed by atoms with Crippen LogP contribution in [0.15, 0.2) is 22.7 Å². The van der Waals surface area contributed by atoms with Crippen molar-refractivity contribution in [1.29, 1.82) is 5.26 Å². The average molecular weight is 222 g/mol. The predicted molar refractivity (Wildman–Crippen MR) is 50.8 cm³/mol. The van der Waals surface area contributed by atoms with Crippen molar-refractivity contribution >= 4 is 15.9 Å². The lowest BCUT2D eigenvalue weighted by molar-refractivity contribution is 1.12. The molecule has 1 aliphatic carbocycles. The molecule has 0 saturated heterocycles. The molecule has 0 aromatic heterocycles. The van der Waals surface area contributed by atoms with Gasteiger partial charge in [0, 0.05) is 4.47 Å². The van der Waals surface area contributed by atoms with Crippen LogP contribution >= 0.6 is 15.9 Å². The number of nitriles is 1. The van der Waals surface area contributed by atoms with Crippen molar-refractivity contribution in [2.75, 3.05) is 0 Å². The first-order valence-electron chi connectivity index (χ1n) is 4.01. The van der Waals surface area contributed by atoms with Crippen LogP contribution in [0.2, 0.25) is 0 Å². The smallest absolute Gasteiger partial charge is 0.0995 e. The Hall–Kier alpha value is -0.810. The second kappa shape index (κ2) is 2.91. The first-order valence-corrected chi connectivity index (χ1v) is 4.80. The minimum Gasteiger partial charge on any atom is -0.192 e. The van der Waals surface area contributed by atoms with Gasteiger partial charge in [0.1, 0.15) is 0 Å². The third kappa shape index (κ3) is 1.37. The van der Waals surface area contributed by atoms with Crippen LogP contribution in [0.3, 0.4) is 0 Å². The molecule has 2 rings (SSSR count). The standard InChI is InChI=1S/C10H8BrN/c11-9-3-4-10(7-1-2-7)8(5-9)6-12/h3-5,7H,1-2H2. The van der Waals surface area contributed by atoms with Gasteiger partial charge >= 0.3 is 0 Å². The van der Waals surface area contributed by atoms with E-state index >= 15 is 0 Å². The summed E-state index contributed by atoms with van der Waals surface area (Å²) in [6, 6.07) is 8.19. The van der Waals surface area contributed by atoms with Crippen LogP contribution in [0.4, 0.5) is 0 Å². The van der Waals surface area contributed by atoms with Crippen LogP contribution < -0.4 is 0 Å². The molecule has 0 amide bonds. The maximum Gasteiger partial charge on any atom is 0.0995 e. The van der Waals surface area contributed by atoms with E-state index in [1.807, 2.05) is 12.1 Å². The van der Waals surface area contributed by atoms with Crippen molar-refractivity contribution in [1.82, 2.24) is 0 Å². The SMILES string of the molecule is N#Cc1cc(Br)ccc1C1CC1. The highest BCUT2D eigenvalue weighted by atomic mass is 79.9. The lowest BCUT2D eigenvalue weighted by Gasteiger charge is -2.00. The van der Waals surface area contributed by atoms with Crippen LogP contribution in [0.1, 0.15) is 29.9 Å². The lowest BCUT2D eigenvalue weighted by atomic mass is 10.0. The van der Waals surface area contributed by atoms with Gasteiger partial charge in [0.05, 0.1) is 11.6 Å². The number of benzene rings is 1. The van der Waals surface area contributed by atoms with E-state index in [2.05, 4.69) is 28.1 Å². The Morgan fingerprint density at radius 3 is 2.75 bits per heavy atom. The van der Waals surface area contributed by atoms with E-state index in [1.54, 1.807) is 0 Å². The molecule has 2 heteroatoms. The summed E-state index contributed by atoms with van der Waals surface area (Å²) in [4.78, 5) is 0. The van der Waals surface area contributed by atoms with Crippen LogP contribution in [0.5, 0.6) is 0 Å². The van der Waals surface area contributed by atoms with Gasteiger partial charge in [0.25, 0.3) is 0 Å². The van der Waals surface area contributed by atoms with Crippen molar-refractivity contribution in [2.24, 2.45) is 0 Å². The van der Waals surface area contributed by atoms with Crippen LogP contribution in [0, 0.1) is 11.3 Å². The Balaban J connectivity index is 2.47. The van der Waals surface area contributed by atoms with Gasteiger partial charge in [0.2, 0.25) is 0 Å². The maximum atomic E-state index is 8.85. The molecule has 1 aliphatic rings. The Kier molecular flexibility index (Phi) is 1.90. The number of hydrogen-bond donors (Lipinski definition) is 0. The predicted octanol–water partition coefficient (Wildman–Crippen LogP) is 3.20. The Labute approximate surface area is 80.1 Å². The van der Waals surface area contributed by atoms with Gasteiger partial charge in [-0.3, -0.25) is 0 Å². The summed E-state index contributed by atoms with van der Waals surface area (Å²) in [7, 11) is 0. The monoisotopic (exact) mass is 221 g/mol. The van der Waals surface area contributed by atoms with E-state index in [0.717, 1.165) is 10.0 Å². The zero-order valence-corrected chi connectivity index (χ0v) is 8.13. The summed E-state index contributed by atoms with van der Waals surface area (Å²) in [5.74, 6) is 0.660. The highest BCUT2D eigenvalue weighted by Gasteiger charge is 2.25. The van der Waals surface area contributed by atoms with Gasteiger partial charge in [-0.2, -0.15) is 5.26 Å². The minimum absolute atomic E-state index is 0.660. The molecule has 0 atom stereocenters. The van der Waals surface area contributed by atoms with Gasteiger partial charge < -0.3 is 0 Å². The molecule has 12 heavy (non-hydrogen) atoms. The van der Waals surface area contributed by atoms with Gasteiger partial charge in [-0.25, -0.2) is 0 Å². The lowest BCUT2D eigenvalue weighted by Crippen LogP contribution is -1.85. The average Bonchev–Trinajstić information content (AvgIpc) is 2.87. The molecule has 1 aromatic rings. The topological polar surface area (TPSA) is 23.8 Å². The molecule has 0 aliphatic heterocycles. The summed E-state index contributed by atoms with van der Waals surface area (Å²) in [6.45, 7) is 0. The first kappa shape index (κ1) is 7.82.